The molecule has 1 saturated heterocycles. The summed E-state index contributed by atoms with van der Waals surface area (Å²) in [5, 5.41) is 2.79. The summed E-state index contributed by atoms with van der Waals surface area (Å²) in [6, 6.07) is 14.8. The third-order valence-electron chi connectivity index (χ3n) is 7.45. The van der Waals surface area contributed by atoms with Crippen LogP contribution in [0.4, 0.5) is 5.69 Å². The van der Waals surface area contributed by atoms with E-state index in [2.05, 4.69) is 17.5 Å². The number of aryl methyl sites for hydroxylation is 1. The lowest BCUT2D eigenvalue weighted by Gasteiger charge is -2.37. The molecule has 0 unspecified atom stereocenters. The van der Waals surface area contributed by atoms with E-state index < -0.39 is 0 Å². The molecule has 0 radical (unpaired) electrons. The Labute approximate surface area is 186 Å². The van der Waals surface area contributed by atoms with Crippen molar-refractivity contribution in [1.29, 1.82) is 0 Å². The maximum Gasteiger partial charge on any atom is 0.244 e. The van der Waals surface area contributed by atoms with Crippen molar-refractivity contribution >= 4 is 23.4 Å². The molecule has 6 nitrogen and oxygen atoms in total. The van der Waals surface area contributed by atoms with Gasteiger partial charge in [-0.1, -0.05) is 29.8 Å². The van der Waals surface area contributed by atoms with Crippen LogP contribution in [-0.2, 0) is 14.4 Å². The topological polar surface area (TPSA) is 75.7 Å². The monoisotopic (exact) mass is 428 g/mol. The van der Waals surface area contributed by atoms with Crippen molar-refractivity contribution < 1.29 is 19.1 Å². The fourth-order valence-corrected chi connectivity index (χ4v) is 5.87. The summed E-state index contributed by atoms with van der Waals surface area (Å²) in [7, 11) is 0. The fourth-order valence-electron chi connectivity index (χ4n) is 5.87. The number of imide groups is 1. The van der Waals surface area contributed by atoms with Gasteiger partial charge in [0.15, 0.2) is 0 Å². The predicted octanol–water partition coefficient (Wildman–Crippen LogP) is 3.78. The second kappa shape index (κ2) is 7.05. The highest BCUT2D eigenvalue weighted by Gasteiger charge is 2.67. The summed E-state index contributed by atoms with van der Waals surface area (Å²) in [5.74, 6) is 1.56. The Morgan fingerprint density at radius 1 is 0.906 bits per heavy atom. The number of carbonyl (C=O) groups excluding carboxylic acids is 3. The molecule has 2 aromatic rings. The van der Waals surface area contributed by atoms with Crippen LogP contribution < -0.4 is 10.1 Å². The van der Waals surface area contributed by atoms with Crippen LogP contribution >= 0.6 is 0 Å². The van der Waals surface area contributed by atoms with E-state index in [1.165, 1.54) is 4.90 Å². The molecule has 2 bridgehead atoms. The maximum atomic E-state index is 13.0. The highest BCUT2D eigenvalue weighted by molar-refractivity contribution is 6.09. The third-order valence-corrected chi connectivity index (χ3v) is 7.45. The second-order valence-corrected chi connectivity index (χ2v) is 9.40. The van der Waals surface area contributed by atoms with Gasteiger partial charge in [-0.25, -0.2) is 0 Å². The number of hydrogen-bond acceptors (Lipinski definition) is 4. The number of allylic oxidation sites excluding steroid dienone is 2. The van der Waals surface area contributed by atoms with Gasteiger partial charge in [0.25, 0.3) is 0 Å². The van der Waals surface area contributed by atoms with Gasteiger partial charge in [-0.3, -0.25) is 19.3 Å². The molecule has 0 aromatic heterocycles. The zero-order valence-electron chi connectivity index (χ0n) is 17.7. The van der Waals surface area contributed by atoms with E-state index in [9.17, 15) is 14.4 Å². The minimum atomic E-state index is -0.372. The smallest absolute Gasteiger partial charge is 0.244 e. The van der Waals surface area contributed by atoms with E-state index >= 15 is 0 Å². The highest BCUT2D eigenvalue weighted by Crippen LogP contribution is 2.65. The van der Waals surface area contributed by atoms with Crippen LogP contribution in [0, 0.1) is 42.4 Å². The van der Waals surface area contributed by atoms with Crippen LogP contribution in [0.25, 0.3) is 0 Å². The molecule has 3 fully saturated rings. The molecule has 5 aliphatic rings. The number of nitrogens with one attached hydrogen (secondary N) is 1. The molecule has 7 rings (SSSR count). The summed E-state index contributed by atoms with van der Waals surface area (Å²) >= 11 is 0. The van der Waals surface area contributed by atoms with Crippen molar-refractivity contribution in [2.45, 2.75) is 13.3 Å². The largest absolute Gasteiger partial charge is 0.457 e. The molecule has 6 atom stereocenters. The van der Waals surface area contributed by atoms with E-state index in [1.54, 1.807) is 24.3 Å². The Morgan fingerprint density at radius 2 is 1.44 bits per heavy atom. The number of carbonyl (C=O) groups is 3. The minimum absolute atomic E-state index is 0.167. The molecule has 6 heteroatoms. The predicted molar refractivity (Wildman–Crippen MR) is 118 cm³/mol. The average Bonchev–Trinajstić information content (AvgIpc) is 3.58. The highest BCUT2D eigenvalue weighted by atomic mass is 16.5. The number of likely N-dealkylation sites (tertiary alicyclic amines) is 1. The first kappa shape index (κ1) is 19.3. The van der Waals surface area contributed by atoms with Crippen LogP contribution in [-0.4, -0.2) is 29.2 Å². The molecule has 0 spiro atoms. The number of anilines is 1. The van der Waals surface area contributed by atoms with Gasteiger partial charge in [0.2, 0.25) is 17.7 Å². The maximum absolute atomic E-state index is 13.0. The van der Waals surface area contributed by atoms with Gasteiger partial charge in [-0.15, -0.1) is 0 Å². The van der Waals surface area contributed by atoms with E-state index in [-0.39, 0.29) is 47.9 Å². The molecule has 1 N–H and O–H groups in total. The summed E-state index contributed by atoms with van der Waals surface area (Å²) in [6.07, 6.45) is 5.39. The Kier molecular flexibility index (Phi) is 4.25. The minimum Gasteiger partial charge on any atom is -0.457 e. The molecule has 162 valence electrons. The van der Waals surface area contributed by atoms with Gasteiger partial charge in [0.1, 0.15) is 18.0 Å². The van der Waals surface area contributed by atoms with Crippen molar-refractivity contribution in [1.82, 2.24) is 4.90 Å². The lowest BCUT2D eigenvalue weighted by atomic mass is 9.63. The Balaban J connectivity index is 1.09. The zero-order chi connectivity index (χ0) is 22.0. The first-order chi connectivity index (χ1) is 15.5. The van der Waals surface area contributed by atoms with Crippen molar-refractivity contribution in [2.24, 2.45) is 35.5 Å². The summed E-state index contributed by atoms with van der Waals surface area (Å²) < 4.78 is 5.81. The molecular weight excluding hydrogens is 404 g/mol. The van der Waals surface area contributed by atoms with Crippen LogP contribution in [0.1, 0.15) is 12.0 Å². The molecular formula is C26H24N2O4. The number of hydrogen-bond donors (Lipinski definition) is 1. The van der Waals surface area contributed by atoms with Gasteiger partial charge in [0, 0.05) is 5.69 Å². The van der Waals surface area contributed by atoms with E-state index in [0.717, 1.165) is 17.7 Å². The van der Waals surface area contributed by atoms with Crippen LogP contribution in [0.15, 0.2) is 60.7 Å². The number of benzene rings is 2. The third kappa shape index (κ3) is 3.05. The van der Waals surface area contributed by atoms with Gasteiger partial charge in [-0.2, -0.15) is 0 Å². The van der Waals surface area contributed by atoms with E-state index in [1.807, 2.05) is 31.2 Å². The van der Waals surface area contributed by atoms with Crippen LogP contribution in [0.2, 0.25) is 0 Å². The van der Waals surface area contributed by atoms with Crippen molar-refractivity contribution in [3.8, 4) is 11.5 Å². The fraction of sp³-hybridized carbons (Fsp3) is 0.346. The van der Waals surface area contributed by atoms with Crippen molar-refractivity contribution in [2.75, 3.05) is 11.9 Å². The normalized spacial score (nSPS) is 31.3. The number of rotatable bonds is 5. The summed E-state index contributed by atoms with van der Waals surface area (Å²) in [5.41, 5.74) is 1.75. The lowest BCUT2D eigenvalue weighted by molar-refractivity contribution is -0.142. The zero-order valence-corrected chi connectivity index (χ0v) is 17.7. The molecule has 2 aromatic carbocycles. The van der Waals surface area contributed by atoms with Gasteiger partial charge in [-0.05, 0) is 73.4 Å². The molecule has 32 heavy (non-hydrogen) atoms. The first-order valence-electron chi connectivity index (χ1n) is 11.2. The van der Waals surface area contributed by atoms with Gasteiger partial charge in [0.05, 0.1) is 11.8 Å². The molecule has 4 aliphatic carbocycles. The molecule has 2 saturated carbocycles. The van der Waals surface area contributed by atoms with Crippen molar-refractivity contribution in [3.63, 3.8) is 0 Å². The second-order valence-electron chi connectivity index (χ2n) is 9.40. The SMILES string of the molecule is Cc1ccc(Oc2ccc(NC(=O)CN3C(=O)[C@@H]4[C@H]5C=C[C@@H]([C@@H]6C[C@@H]56)[C@@H]4C3=O)cc2)cc1. The number of nitrogens with zero attached hydrogens (tertiary/aromatic N) is 1. The molecule has 1 aliphatic heterocycles. The van der Waals surface area contributed by atoms with Gasteiger partial charge < -0.3 is 10.1 Å². The molecule has 3 amide bonds. The number of amides is 3. The molecule has 1 heterocycles. The summed E-state index contributed by atoms with van der Waals surface area (Å²) in [4.78, 5) is 39.8. The Bertz CT molecular complexity index is 1100. The first-order valence-corrected chi connectivity index (χ1v) is 11.2. The summed E-state index contributed by atoms with van der Waals surface area (Å²) in [6.45, 7) is 1.78. The Hall–Kier alpha value is -3.41. The van der Waals surface area contributed by atoms with E-state index in [0.29, 0.717) is 23.3 Å². The van der Waals surface area contributed by atoms with Crippen LogP contribution in [0.5, 0.6) is 11.5 Å². The quantitative estimate of drug-likeness (QED) is 0.581. The average molecular weight is 428 g/mol. The standard InChI is InChI=1S/C26H24N2O4/c1-14-2-6-16(7-3-14)32-17-8-4-15(5-9-17)27-22(29)13-28-25(30)23-18-10-11-19(21-12-20(18)21)24(23)26(28)31/h2-11,18-21,23-24H,12-13H2,1H3,(H,27,29)/t18-,19-,20-,21-,23-,24+/m0/s1. The van der Waals surface area contributed by atoms with Crippen molar-refractivity contribution in [3.05, 3.63) is 66.2 Å². The Morgan fingerprint density at radius 3 is 2.00 bits per heavy atom. The lowest BCUT2D eigenvalue weighted by Crippen LogP contribution is -2.40. The number of ether oxygens (including phenoxy) is 1. The van der Waals surface area contributed by atoms with E-state index in [4.69, 9.17) is 4.74 Å². The van der Waals surface area contributed by atoms with Gasteiger partial charge >= 0.3 is 0 Å². The van der Waals surface area contributed by atoms with Crippen LogP contribution in [0.3, 0.4) is 0 Å².